The predicted octanol–water partition coefficient (Wildman–Crippen LogP) is 18.2. The molecule has 0 spiro atoms. The summed E-state index contributed by atoms with van der Waals surface area (Å²) in [5, 5.41) is 58.4. The van der Waals surface area contributed by atoms with Gasteiger partial charge in [-0.2, -0.15) is 22.3 Å². The summed E-state index contributed by atoms with van der Waals surface area (Å²) in [6, 6.07) is 43.2. The molecule has 38 heteroatoms. The molecule has 8 N–H and O–H groups in total. The van der Waals surface area contributed by atoms with Crippen LogP contribution < -0.4 is 11.1 Å². The molecule has 149 heavy (non-hydrogen) atoms. The maximum absolute atomic E-state index is 15.8. The van der Waals surface area contributed by atoms with Crippen LogP contribution in [0.2, 0.25) is 0 Å². The van der Waals surface area contributed by atoms with E-state index in [1.54, 1.807) is 133 Å². The van der Waals surface area contributed by atoms with E-state index in [1.807, 2.05) is 43.3 Å². The number of nitrogens with one attached hydrogen (secondary N) is 3. The molecule has 10 fully saturated rings. The van der Waals surface area contributed by atoms with Crippen LogP contribution in [0.1, 0.15) is 302 Å². The molecule has 5 saturated heterocycles. The Morgan fingerprint density at radius 3 is 1.07 bits per heavy atom. The van der Waals surface area contributed by atoms with Gasteiger partial charge in [0.2, 0.25) is 46.0 Å². The molecule has 26 nitrogen and oxygen atoms in total. The first kappa shape index (κ1) is 109. The first-order valence-corrected chi connectivity index (χ1v) is 57.1. The van der Waals surface area contributed by atoms with Crippen LogP contribution in [0, 0.1) is 57.9 Å². The van der Waals surface area contributed by atoms with Crippen LogP contribution in [-0.2, 0) is 104 Å². The summed E-state index contributed by atoms with van der Waals surface area (Å²) in [4.78, 5) is 30.3. The number of carbonyl (C=O) groups is 1. The van der Waals surface area contributed by atoms with Gasteiger partial charge < -0.3 is 40.0 Å². The van der Waals surface area contributed by atoms with E-state index < -0.39 is 164 Å². The zero-order valence-corrected chi connectivity index (χ0v) is 87.8. The van der Waals surface area contributed by atoms with E-state index in [0.29, 0.717) is 124 Å². The SMILES string of the molecule is C[C@H]1CC[C@H](c2ccccc2)S(=O)(=O)N1Cc1cc(F)c(C2(C3=CCC(=O)N3)CC(C)(O)C2)cc1F.C[C@H]1CC[C@H](c2ccccc2)S(=O)(=O)N1Cc1cc(F)c(C2(CCC3(C)COC3)CC(C)(O)C2)cc1F.C[C@H]1CC[C@H](c2ccccc2)S(=O)(=O)N1Cc1cc(F)c(C2(c3c[nH]c(=O)o3)CC(O)(CC3CC3)C2)cc1F.C[C@H]1CC[C@H](c2ccccc2)S(=O)(=O)N1Cc1cc(F)c(C2(c3n[nH]c(CO)n3)CC(C)(O)C2)cc1F. The van der Waals surface area contributed by atoms with Crippen molar-refractivity contribution in [3.8, 4) is 0 Å². The molecule has 0 unspecified atom stereocenters. The lowest BCUT2D eigenvalue weighted by atomic mass is 9.53. The van der Waals surface area contributed by atoms with E-state index in [-0.39, 0.29) is 169 Å². The van der Waals surface area contributed by atoms with Gasteiger partial charge in [0.25, 0.3) is 0 Å². The average Bonchev–Trinajstić information content (AvgIpc) is 1.39. The van der Waals surface area contributed by atoms with Gasteiger partial charge in [-0.3, -0.25) is 14.9 Å². The number of H-pyrrole nitrogens is 2. The molecule has 1 amide bonds. The van der Waals surface area contributed by atoms with Crippen LogP contribution >= 0.6 is 0 Å². The number of aromatic nitrogens is 4. The summed E-state index contributed by atoms with van der Waals surface area (Å²) in [7, 11) is -15.2. The minimum absolute atomic E-state index is 0.0105. The molecular formula is C111H129F8N9O17S4. The van der Waals surface area contributed by atoms with Crippen molar-refractivity contribution in [2.75, 3.05) is 13.2 Å². The molecule has 21 rings (SSSR count). The van der Waals surface area contributed by atoms with Crippen LogP contribution in [0.15, 0.2) is 197 Å². The lowest BCUT2D eigenvalue weighted by Crippen LogP contribution is -2.56. The molecule has 800 valence electrons. The number of aliphatic hydroxyl groups excluding tert-OH is 1. The monoisotopic (exact) mass is 2140 g/mol. The Labute approximate surface area is 863 Å². The maximum Gasteiger partial charge on any atom is 0.416 e. The third kappa shape index (κ3) is 21.6. The van der Waals surface area contributed by atoms with E-state index in [2.05, 4.69) is 32.4 Å². The Morgan fingerprint density at radius 1 is 0.416 bits per heavy atom. The molecule has 8 atom stereocenters. The van der Waals surface area contributed by atoms with Crippen molar-refractivity contribution < 1.29 is 108 Å². The second kappa shape index (κ2) is 41.1. The van der Waals surface area contributed by atoms with Crippen molar-refractivity contribution in [3.63, 3.8) is 0 Å². The number of aromatic amines is 2. The van der Waals surface area contributed by atoms with Crippen molar-refractivity contribution in [2.24, 2.45) is 11.3 Å². The minimum Gasteiger partial charge on any atom is -0.412 e. The summed E-state index contributed by atoms with van der Waals surface area (Å²) < 4.78 is 249. The van der Waals surface area contributed by atoms with Crippen molar-refractivity contribution in [3.05, 3.63) is 329 Å². The van der Waals surface area contributed by atoms with Gasteiger partial charge >= 0.3 is 5.76 Å². The molecule has 5 aliphatic carbocycles. The fourth-order valence-corrected chi connectivity index (χ4v) is 34.1. The Bertz CT molecular complexity index is 7230. The summed E-state index contributed by atoms with van der Waals surface area (Å²) in [6.45, 7) is 14.0. The van der Waals surface area contributed by atoms with Crippen molar-refractivity contribution in [1.29, 1.82) is 0 Å². The number of benzene rings is 8. The molecule has 2 aromatic heterocycles. The van der Waals surface area contributed by atoms with Crippen LogP contribution in [-0.4, -0.2) is 162 Å². The lowest BCUT2D eigenvalue weighted by molar-refractivity contribution is -0.123. The molecule has 11 aliphatic rings. The fourth-order valence-electron chi connectivity index (χ4n) is 25.4. The van der Waals surface area contributed by atoms with Gasteiger partial charge in [0.15, 0.2) is 5.82 Å². The van der Waals surface area contributed by atoms with Crippen LogP contribution in [0.5, 0.6) is 0 Å². The first-order chi connectivity index (χ1) is 70.2. The number of aliphatic hydroxyl groups is 5. The fraction of sp³-hybridized carbons (Fsp3) is 0.495. The highest BCUT2D eigenvalue weighted by Crippen LogP contribution is 2.62. The number of sulfonamides is 4. The number of hydrogen-bond donors (Lipinski definition) is 8. The number of nitrogens with zero attached hydrogens (tertiary/aromatic N) is 6. The quantitative estimate of drug-likeness (QED) is 0.0246. The van der Waals surface area contributed by atoms with Crippen molar-refractivity contribution in [1.82, 2.24) is 42.7 Å². The zero-order valence-electron chi connectivity index (χ0n) is 84.5. The topological polar surface area (TPSA) is 377 Å². The largest absolute Gasteiger partial charge is 0.416 e. The normalized spacial score (nSPS) is 31.3. The summed E-state index contributed by atoms with van der Waals surface area (Å²) >= 11 is 0. The summed E-state index contributed by atoms with van der Waals surface area (Å²) in [6.07, 6.45) is 12.9. The van der Waals surface area contributed by atoms with Gasteiger partial charge in [-0.05, 0) is 253 Å². The van der Waals surface area contributed by atoms with Crippen molar-refractivity contribution >= 4 is 46.0 Å². The zero-order chi connectivity index (χ0) is 107. The number of hydrogen-bond acceptors (Lipinski definition) is 19. The molecule has 0 bridgehead atoms. The van der Waals surface area contributed by atoms with Crippen LogP contribution in [0.25, 0.3) is 0 Å². The molecule has 8 heterocycles. The first-order valence-electron chi connectivity index (χ1n) is 51.1. The highest BCUT2D eigenvalue weighted by Gasteiger charge is 2.63. The number of oxazole rings is 1. The van der Waals surface area contributed by atoms with Crippen molar-refractivity contribution in [2.45, 2.75) is 319 Å². The minimum atomic E-state index is -3.83. The third-order valence-corrected chi connectivity index (χ3v) is 42.5. The number of ether oxygens (including phenoxy) is 1. The Balaban J connectivity index is 0.000000130. The molecule has 6 aliphatic heterocycles. The number of allylic oxidation sites excluding steroid dienone is 1. The number of carbonyl (C=O) groups excluding carboxylic acids is 1. The summed E-state index contributed by atoms with van der Waals surface area (Å²) in [5.74, 6) is -5.54. The number of halogens is 8. The highest BCUT2D eigenvalue weighted by molar-refractivity contribution is 7.90. The van der Waals surface area contributed by atoms with E-state index in [4.69, 9.17) is 9.15 Å². The van der Waals surface area contributed by atoms with Gasteiger partial charge in [0.1, 0.15) is 85.7 Å². The standard InChI is InChI=1S/C29H32F2N2O5S.C29H37F2NO4S.C27H30F2N2O4S.C26H30F2N4O4S/c1-18-7-10-25(20-5-3-2-4-6-20)39(36,37)33(18)15-21-11-24(31)22(12-23(21)30)29(26-14-32-27(34)38-26)16-28(35,17-29)13-19-8-9-19;1-20-9-10-26(21-7-5-4-6-8-21)37(34,35)32(20)15-22-13-25(31)23(14-24(22)30)29(16-28(3,33)17-29)12-11-27(2)18-36-19-27;1-17-8-9-23(18-6-4-3-5-7-18)36(34,35)31(17)14-19-12-22(29)20(13-21(19)28)27(15-26(2,33)16-27)24-10-11-25(32)30-24;1-16-8-9-22(17-6-4-3-5-7-17)37(35,36)32(16)12-18-10-21(28)19(11-20(18)27)26(14-25(2,34)15-26)24-29-23(13-33)30-31-24/h2-6,11-12,14,18-19,25,35H,7-10,13,15-17H2,1H3,(H,32,34);4-8,13-14,20,26,33H,9-12,15-19H2,1-3H3;3-7,10,12-13,17,23,33H,8-9,11,14-16H2,1-2H3,(H,30,32);3-7,10-11,16,22,33-34H,8-9,12-15H2,1-2H3,(H,29,30,31)/t18-,25+,28?,29?;20-,26+,28?,29?;17-,23+,26?,27?;16-,22+,25?,26?/m0000/s1. The number of rotatable bonds is 25. The second-order valence-corrected chi connectivity index (χ2v) is 53.4. The van der Waals surface area contributed by atoms with Gasteiger partial charge in [0.05, 0.1) is 46.4 Å². The average molecular weight is 2140 g/mol. The van der Waals surface area contributed by atoms with Crippen LogP contribution in [0.4, 0.5) is 35.1 Å². The number of amides is 1. The smallest absolute Gasteiger partial charge is 0.412 e. The third-order valence-electron chi connectivity index (χ3n) is 33.0. The van der Waals surface area contributed by atoms with E-state index in [1.165, 1.54) is 35.6 Å². The molecular weight excluding hydrogens is 2010 g/mol. The summed E-state index contributed by atoms with van der Waals surface area (Å²) in [5.41, 5.74) is -4.82. The van der Waals surface area contributed by atoms with Crippen LogP contribution in [0.3, 0.4) is 0 Å². The molecule has 10 aromatic rings. The van der Waals surface area contributed by atoms with E-state index in [9.17, 15) is 68.8 Å². The van der Waals surface area contributed by atoms with Gasteiger partial charge in [0, 0.05) is 124 Å². The Morgan fingerprint density at radius 2 is 0.758 bits per heavy atom. The van der Waals surface area contributed by atoms with E-state index in [0.717, 1.165) is 55.7 Å². The highest BCUT2D eigenvalue weighted by atomic mass is 32.2. The Kier molecular flexibility index (Phi) is 30.0. The van der Waals surface area contributed by atoms with Gasteiger partial charge in [-0.25, -0.2) is 78.6 Å². The lowest BCUT2D eigenvalue weighted by Gasteiger charge is -2.54. The van der Waals surface area contributed by atoms with E-state index >= 15 is 35.1 Å². The maximum atomic E-state index is 15.8. The molecule has 0 radical (unpaired) electrons. The molecule has 8 aromatic carbocycles. The molecule has 5 saturated carbocycles. The Hall–Kier alpha value is -10.0. The van der Waals surface area contributed by atoms with Gasteiger partial charge in [-0.1, -0.05) is 147 Å². The predicted molar refractivity (Wildman–Crippen MR) is 541 cm³/mol. The van der Waals surface area contributed by atoms with Gasteiger partial charge in [-0.15, -0.1) is 0 Å². The second-order valence-electron chi connectivity index (χ2n) is 45.1.